The Hall–Kier alpha value is -2.62. The van der Waals surface area contributed by atoms with Crippen molar-refractivity contribution in [3.63, 3.8) is 0 Å². The molecule has 1 amide bonds. The molecule has 4 nitrogen and oxygen atoms in total. The number of amides is 1. The Balaban J connectivity index is 1.69. The van der Waals surface area contributed by atoms with Crippen LogP contribution in [0.3, 0.4) is 0 Å². The third-order valence-corrected chi connectivity index (χ3v) is 5.05. The molecule has 1 aromatic heterocycles. The topological polar surface area (TPSA) is 57.8 Å². The van der Waals surface area contributed by atoms with Crippen LogP contribution in [-0.2, 0) is 4.79 Å². The van der Waals surface area contributed by atoms with Crippen molar-refractivity contribution in [2.75, 3.05) is 5.32 Å². The zero-order valence-electron chi connectivity index (χ0n) is 14.0. The maximum absolute atomic E-state index is 12.1. The summed E-state index contributed by atoms with van der Waals surface area (Å²) in [6.07, 6.45) is 3.13. The Morgan fingerprint density at radius 2 is 1.92 bits per heavy atom. The normalized spacial score (nSPS) is 14.6. The molecular weight excluding hydrogens is 298 g/mol. The Morgan fingerprint density at radius 1 is 1.17 bits per heavy atom. The minimum absolute atomic E-state index is 0.0912. The molecule has 4 heteroatoms. The molecule has 0 aliphatic heterocycles. The summed E-state index contributed by atoms with van der Waals surface area (Å²) in [4.78, 5) is 12.1. The molecule has 0 unspecified atom stereocenters. The quantitative estimate of drug-likeness (QED) is 0.742. The molecule has 0 saturated heterocycles. The number of aryl methyl sites for hydroxylation is 2. The van der Waals surface area contributed by atoms with E-state index in [1.54, 1.807) is 0 Å². The number of aromatic amines is 1. The summed E-state index contributed by atoms with van der Waals surface area (Å²) in [6, 6.07) is 12.6. The molecule has 1 fully saturated rings. The van der Waals surface area contributed by atoms with Gasteiger partial charge in [-0.1, -0.05) is 30.7 Å². The average molecular weight is 319 g/mol. The van der Waals surface area contributed by atoms with E-state index in [1.165, 1.54) is 22.3 Å². The van der Waals surface area contributed by atoms with Gasteiger partial charge in [0, 0.05) is 11.3 Å². The number of rotatable bonds is 3. The second kappa shape index (κ2) is 5.78. The summed E-state index contributed by atoms with van der Waals surface area (Å²) in [5.74, 6) is 0.883. The van der Waals surface area contributed by atoms with E-state index in [1.807, 2.05) is 6.07 Å². The van der Waals surface area contributed by atoms with Crippen LogP contribution in [0.2, 0.25) is 0 Å². The molecule has 122 valence electrons. The van der Waals surface area contributed by atoms with Crippen LogP contribution in [0, 0.1) is 19.8 Å². The molecule has 1 saturated carbocycles. The van der Waals surface area contributed by atoms with Gasteiger partial charge in [0.1, 0.15) is 0 Å². The number of hydrogen-bond donors (Lipinski definition) is 2. The zero-order chi connectivity index (χ0) is 16.7. The lowest BCUT2D eigenvalue weighted by Gasteiger charge is -2.23. The monoisotopic (exact) mass is 319 g/mol. The number of nitrogens with one attached hydrogen (secondary N) is 2. The fourth-order valence-corrected chi connectivity index (χ4v) is 3.43. The Labute approximate surface area is 141 Å². The summed E-state index contributed by atoms with van der Waals surface area (Å²) < 4.78 is 0. The lowest BCUT2D eigenvalue weighted by atomic mass is 9.85. The van der Waals surface area contributed by atoms with Crippen LogP contribution in [0.1, 0.15) is 30.4 Å². The van der Waals surface area contributed by atoms with E-state index in [0.29, 0.717) is 5.82 Å². The van der Waals surface area contributed by atoms with Crippen molar-refractivity contribution in [3.8, 4) is 11.1 Å². The largest absolute Gasteiger partial charge is 0.308 e. The van der Waals surface area contributed by atoms with Gasteiger partial charge in [0.25, 0.3) is 0 Å². The number of H-pyrrole nitrogens is 1. The molecule has 0 atom stereocenters. The van der Waals surface area contributed by atoms with Gasteiger partial charge in [-0.2, -0.15) is 5.10 Å². The summed E-state index contributed by atoms with van der Waals surface area (Å²) in [5, 5.41) is 11.3. The van der Waals surface area contributed by atoms with Gasteiger partial charge < -0.3 is 5.32 Å². The molecule has 24 heavy (non-hydrogen) atoms. The molecule has 0 spiro atoms. The molecule has 2 N–H and O–H groups in total. The lowest BCUT2D eigenvalue weighted by Crippen LogP contribution is -2.28. The minimum Gasteiger partial charge on any atom is -0.308 e. The zero-order valence-corrected chi connectivity index (χ0v) is 14.0. The van der Waals surface area contributed by atoms with Crippen molar-refractivity contribution < 1.29 is 4.79 Å². The summed E-state index contributed by atoms with van der Waals surface area (Å²) in [6.45, 7) is 4.26. The molecule has 3 aromatic rings. The van der Waals surface area contributed by atoms with E-state index in [0.717, 1.165) is 30.2 Å². The number of benzene rings is 2. The van der Waals surface area contributed by atoms with Crippen LogP contribution in [0.25, 0.3) is 22.0 Å². The molecule has 1 heterocycles. The summed E-state index contributed by atoms with van der Waals surface area (Å²) >= 11 is 0. The molecule has 4 rings (SSSR count). The molecule has 0 radical (unpaired) electrons. The number of anilines is 1. The fraction of sp³-hybridized carbons (Fsp3) is 0.300. The summed E-state index contributed by atoms with van der Waals surface area (Å²) in [7, 11) is 0. The van der Waals surface area contributed by atoms with Gasteiger partial charge in [-0.15, -0.1) is 0 Å². The Kier molecular flexibility index (Phi) is 3.60. The van der Waals surface area contributed by atoms with Gasteiger partial charge in [0.2, 0.25) is 5.91 Å². The van der Waals surface area contributed by atoms with Crippen LogP contribution in [-0.4, -0.2) is 16.1 Å². The van der Waals surface area contributed by atoms with E-state index in [2.05, 4.69) is 59.7 Å². The van der Waals surface area contributed by atoms with Crippen molar-refractivity contribution in [2.24, 2.45) is 5.92 Å². The first kappa shape index (κ1) is 14.9. The van der Waals surface area contributed by atoms with Gasteiger partial charge >= 0.3 is 0 Å². The highest BCUT2D eigenvalue weighted by Crippen LogP contribution is 2.32. The van der Waals surface area contributed by atoms with Gasteiger partial charge in [-0.3, -0.25) is 9.89 Å². The predicted octanol–water partition coefficient (Wildman–Crippen LogP) is 4.59. The number of aromatic nitrogens is 2. The highest BCUT2D eigenvalue weighted by atomic mass is 16.2. The van der Waals surface area contributed by atoms with Crippen LogP contribution in [0.5, 0.6) is 0 Å². The highest BCUT2D eigenvalue weighted by molar-refractivity contribution is 6.01. The predicted molar refractivity (Wildman–Crippen MR) is 97.0 cm³/mol. The second-order valence-electron chi connectivity index (χ2n) is 6.72. The van der Waals surface area contributed by atoms with Gasteiger partial charge in [0.05, 0.1) is 5.52 Å². The first-order valence-electron chi connectivity index (χ1n) is 8.49. The van der Waals surface area contributed by atoms with Crippen LogP contribution in [0.4, 0.5) is 5.82 Å². The van der Waals surface area contributed by atoms with Crippen LogP contribution in [0.15, 0.2) is 36.4 Å². The first-order valence-corrected chi connectivity index (χ1v) is 8.49. The maximum Gasteiger partial charge on any atom is 0.228 e. The number of carbonyl (C=O) groups excluding carboxylic acids is 1. The van der Waals surface area contributed by atoms with Gasteiger partial charge in [-0.05, 0) is 61.1 Å². The fourth-order valence-electron chi connectivity index (χ4n) is 3.43. The van der Waals surface area contributed by atoms with Crippen molar-refractivity contribution >= 4 is 22.6 Å². The van der Waals surface area contributed by atoms with Gasteiger partial charge in [0.15, 0.2) is 5.82 Å². The molecule has 2 aromatic carbocycles. The number of hydrogen-bond acceptors (Lipinski definition) is 2. The van der Waals surface area contributed by atoms with E-state index in [4.69, 9.17) is 0 Å². The Bertz CT molecular complexity index is 902. The van der Waals surface area contributed by atoms with Crippen LogP contribution >= 0.6 is 0 Å². The molecule has 0 bridgehead atoms. The van der Waals surface area contributed by atoms with Crippen molar-refractivity contribution in [1.82, 2.24) is 10.2 Å². The highest BCUT2D eigenvalue weighted by Gasteiger charge is 2.26. The molecular formula is C20H21N3O. The molecule has 1 aliphatic carbocycles. The number of carbonyl (C=O) groups is 1. The number of nitrogens with zero attached hydrogens (tertiary/aromatic N) is 1. The second-order valence-corrected chi connectivity index (χ2v) is 6.72. The standard InChI is InChI=1S/C20H21N3O/c1-12-5-3-6-13(2)18(12)15-9-10-16-17(11-15)22-23-19(16)21-20(24)14-7-4-8-14/h3,5-6,9-11,14H,4,7-8H2,1-2H3,(H2,21,22,23,24). The van der Waals surface area contributed by atoms with Crippen LogP contribution < -0.4 is 5.32 Å². The van der Waals surface area contributed by atoms with E-state index < -0.39 is 0 Å². The number of fused-ring (bicyclic) bond motifs is 1. The van der Waals surface area contributed by atoms with Gasteiger partial charge in [-0.25, -0.2) is 0 Å². The Morgan fingerprint density at radius 3 is 2.58 bits per heavy atom. The molecule has 1 aliphatic rings. The summed E-state index contributed by atoms with van der Waals surface area (Å²) in [5.41, 5.74) is 5.88. The van der Waals surface area contributed by atoms with E-state index in [9.17, 15) is 4.79 Å². The van der Waals surface area contributed by atoms with Crippen molar-refractivity contribution in [2.45, 2.75) is 33.1 Å². The minimum atomic E-state index is 0.0912. The average Bonchev–Trinajstić information content (AvgIpc) is 2.88. The third-order valence-electron chi connectivity index (χ3n) is 5.05. The van der Waals surface area contributed by atoms with Crippen molar-refractivity contribution in [1.29, 1.82) is 0 Å². The van der Waals surface area contributed by atoms with E-state index >= 15 is 0 Å². The SMILES string of the molecule is Cc1cccc(C)c1-c1ccc2c(NC(=O)C3CCC3)n[nH]c2c1. The van der Waals surface area contributed by atoms with Crippen molar-refractivity contribution in [3.05, 3.63) is 47.5 Å². The third kappa shape index (κ3) is 2.48. The first-order chi connectivity index (χ1) is 11.6. The maximum atomic E-state index is 12.1. The smallest absolute Gasteiger partial charge is 0.228 e. The van der Waals surface area contributed by atoms with E-state index in [-0.39, 0.29) is 11.8 Å². The lowest BCUT2D eigenvalue weighted by molar-refractivity contribution is -0.122.